The molecule has 0 atom stereocenters. The van der Waals surface area contributed by atoms with Crippen LogP contribution in [0.2, 0.25) is 0 Å². The Hall–Kier alpha value is -4.45. The smallest absolute Gasteiger partial charge is 0.328 e. The summed E-state index contributed by atoms with van der Waals surface area (Å²) in [4.78, 5) is 40.8. The van der Waals surface area contributed by atoms with Crippen molar-refractivity contribution in [3.05, 3.63) is 92.9 Å². The number of anilines is 2. The number of sulfonamides is 1. The number of benzene rings is 3. The van der Waals surface area contributed by atoms with Crippen LogP contribution < -0.4 is 25.6 Å². The van der Waals surface area contributed by atoms with Gasteiger partial charge in [-0.05, 0) is 54.4 Å². The summed E-state index contributed by atoms with van der Waals surface area (Å²) in [7, 11) is -2.88. The van der Waals surface area contributed by atoms with Gasteiger partial charge in [0, 0.05) is 37.0 Å². The van der Waals surface area contributed by atoms with Crippen LogP contribution >= 0.6 is 0 Å². The fourth-order valence-electron chi connectivity index (χ4n) is 4.56. The first-order valence-electron chi connectivity index (χ1n) is 11.7. The zero-order valence-electron chi connectivity index (χ0n) is 20.2. The predicted molar refractivity (Wildman–Crippen MR) is 140 cm³/mol. The lowest BCUT2D eigenvalue weighted by molar-refractivity contribution is -0.118. The molecule has 0 unspecified atom stereocenters. The third kappa shape index (κ3) is 4.65. The first-order valence-corrected chi connectivity index (χ1v) is 13.2. The largest absolute Gasteiger partial charge is 0.497 e. The van der Waals surface area contributed by atoms with E-state index in [4.69, 9.17) is 4.74 Å². The van der Waals surface area contributed by atoms with E-state index in [1.165, 1.54) is 23.8 Å². The van der Waals surface area contributed by atoms with Gasteiger partial charge in [-0.3, -0.25) is 23.9 Å². The molecule has 3 aromatic carbocycles. The van der Waals surface area contributed by atoms with Crippen molar-refractivity contribution >= 4 is 38.2 Å². The Bertz CT molecular complexity index is 1800. The van der Waals surface area contributed by atoms with E-state index in [9.17, 15) is 27.2 Å². The summed E-state index contributed by atoms with van der Waals surface area (Å²) in [5, 5.41) is 0.356. The van der Waals surface area contributed by atoms with E-state index in [-0.39, 0.29) is 30.3 Å². The van der Waals surface area contributed by atoms with Crippen LogP contribution in [0, 0.1) is 5.82 Å². The minimum atomic E-state index is -4.23. The summed E-state index contributed by atoms with van der Waals surface area (Å²) in [6.07, 6.45) is 0.505. The monoisotopic (exact) mass is 538 g/mol. The molecule has 5 rings (SSSR count). The number of H-pyrrole nitrogens is 1. The van der Waals surface area contributed by atoms with Crippen LogP contribution in [0.1, 0.15) is 12.0 Å². The zero-order valence-corrected chi connectivity index (χ0v) is 21.0. The van der Waals surface area contributed by atoms with Crippen LogP contribution in [-0.2, 0) is 27.8 Å². The lowest BCUT2D eigenvalue weighted by Gasteiger charge is -2.18. The number of carbonyl (C=O) groups excluding carboxylic acids is 1. The van der Waals surface area contributed by atoms with Crippen molar-refractivity contribution in [2.24, 2.45) is 0 Å². The number of amides is 1. The number of hydrogen-bond acceptors (Lipinski definition) is 6. The van der Waals surface area contributed by atoms with E-state index in [2.05, 4.69) is 9.71 Å². The van der Waals surface area contributed by atoms with E-state index >= 15 is 0 Å². The number of methoxy groups -OCH3 is 1. The Balaban J connectivity index is 1.33. The van der Waals surface area contributed by atoms with Crippen LogP contribution in [-0.4, -0.2) is 37.5 Å². The summed E-state index contributed by atoms with van der Waals surface area (Å²) in [5.41, 5.74) is 0.974. The van der Waals surface area contributed by atoms with Crippen molar-refractivity contribution in [2.45, 2.75) is 24.3 Å². The number of fused-ring (bicyclic) bond motifs is 2. The number of nitrogens with zero attached hydrogens (tertiary/aromatic N) is 2. The van der Waals surface area contributed by atoms with Crippen molar-refractivity contribution in [3.63, 3.8) is 0 Å². The van der Waals surface area contributed by atoms with Gasteiger partial charge >= 0.3 is 5.69 Å². The van der Waals surface area contributed by atoms with Crippen LogP contribution in [0.5, 0.6) is 5.75 Å². The highest BCUT2D eigenvalue weighted by atomic mass is 32.2. The number of rotatable bonds is 7. The summed E-state index contributed by atoms with van der Waals surface area (Å²) < 4.78 is 48.6. The van der Waals surface area contributed by atoms with Crippen molar-refractivity contribution in [1.82, 2.24) is 9.55 Å². The summed E-state index contributed by atoms with van der Waals surface area (Å²) >= 11 is 0. The van der Waals surface area contributed by atoms with Gasteiger partial charge in [0.1, 0.15) is 16.5 Å². The van der Waals surface area contributed by atoms with Crippen LogP contribution in [0.4, 0.5) is 15.8 Å². The fraction of sp³-hybridized carbons (Fsp3) is 0.192. The Morgan fingerprint density at radius 3 is 2.68 bits per heavy atom. The topological polar surface area (TPSA) is 131 Å². The molecule has 0 saturated heterocycles. The molecule has 0 radical (unpaired) electrons. The van der Waals surface area contributed by atoms with Gasteiger partial charge in [-0.15, -0.1) is 0 Å². The second kappa shape index (κ2) is 9.78. The summed E-state index contributed by atoms with van der Waals surface area (Å²) in [6.45, 7) is 0.459. The average molecular weight is 539 g/mol. The molecule has 2 heterocycles. The van der Waals surface area contributed by atoms with Gasteiger partial charge in [0.05, 0.1) is 18.0 Å². The van der Waals surface area contributed by atoms with E-state index < -0.39 is 32.0 Å². The first kappa shape index (κ1) is 25.2. The lowest BCUT2D eigenvalue weighted by atomic mass is 10.1. The molecule has 2 N–H and O–H groups in total. The molecule has 0 aliphatic carbocycles. The van der Waals surface area contributed by atoms with Gasteiger partial charge in [0.15, 0.2) is 0 Å². The predicted octanol–water partition coefficient (Wildman–Crippen LogP) is 2.62. The Kier molecular flexibility index (Phi) is 6.49. The number of ether oxygens (including phenoxy) is 1. The number of halogens is 1. The number of carbonyl (C=O) groups is 1. The number of aryl methyl sites for hydroxylation is 1. The van der Waals surface area contributed by atoms with Gasteiger partial charge in [0.25, 0.3) is 15.6 Å². The molecule has 10 nitrogen and oxygen atoms in total. The summed E-state index contributed by atoms with van der Waals surface area (Å²) in [5.74, 6) is -0.935. The average Bonchev–Trinajstić information content (AvgIpc) is 3.32. The standard InChI is InChI=1S/C26H23FN4O6S/c1-37-18-7-8-20(27)23(15-18)38(35,36)29-17-6-9-21-16(14-17)10-12-30(21)24(32)11-13-31-22-5-3-2-4-19(22)25(33)28-26(31)34/h2-9,14-15,29H,10-13H2,1H3,(H,28,33,34). The number of nitrogens with one attached hydrogen (secondary N) is 2. The zero-order chi connectivity index (χ0) is 27.0. The maximum Gasteiger partial charge on any atom is 0.328 e. The molecule has 0 fully saturated rings. The van der Waals surface area contributed by atoms with Crippen LogP contribution in [0.25, 0.3) is 10.9 Å². The second-order valence-electron chi connectivity index (χ2n) is 8.72. The molecule has 0 bridgehead atoms. The molecule has 196 valence electrons. The number of para-hydroxylation sites is 1. The van der Waals surface area contributed by atoms with Crippen molar-refractivity contribution in [3.8, 4) is 5.75 Å². The molecule has 1 amide bonds. The van der Waals surface area contributed by atoms with Crippen LogP contribution in [0.15, 0.2) is 75.1 Å². The molecule has 4 aromatic rings. The van der Waals surface area contributed by atoms with Crippen molar-refractivity contribution in [2.75, 3.05) is 23.3 Å². The molecule has 1 aliphatic rings. The molecule has 1 aliphatic heterocycles. The molecule has 0 spiro atoms. The SMILES string of the molecule is COc1ccc(F)c(S(=O)(=O)Nc2ccc3c(c2)CCN3C(=O)CCn2c(=O)[nH]c(=O)c3ccccc32)c1. The second-order valence-corrected chi connectivity index (χ2v) is 10.4. The molecular formula is C26H23FN4O6S. The fourth-order valence-corrected chi connectivity index (χ4v) is 5.70. The third-order valence-electron chi connectivity index (χ3n) is 6.41. The molecular weight excluding hydrogens is 515 g/mol. The highest BCUT2D eigenvalue weighted by Gasteiger charge is 2.26. The van der Waals surface area contributed by atoms with E-state index in [0.29, 0.717) is 29.6 Å². The normalized spacial score (nSPS) is 12.9. The quantitative estimate of drug-likeness (QED) is 0.372. The van der Waals surface area contributed by atoms with Gasteiger partial charge in [-0.1, -0.05) is 12.1 Å². The minimum absolute atomic E-state index is 0.0128. The van der Waals surface area contributed by atoms with Gasteiger partial charge in [0.2, 0.25) is 5.91 Å². The Labute approximate surface area is 216 Å². The number of aromatic amines is 1. The van der Waals surface area contributed by atoms with E-state index in [1.54, 1.807) is 41.3 Å². The van der Waals surface area contributed by atoms with Crippen molar-refractivity contribution in [1.29, 1.82) is 0 Å². The third-order valence-corrected chi connectivity index (χ3v) is 7.81. The lowest BCUT2D eigenvalue weighted by Crippen LogP contribution is -2.34. The molecule has 0 saturated carbocycles. The summed E-state index contributed by atoms with van der Waals surface area (Å²) in [6, 6.07) is 14.8. The molecule has 38 heavy (non-hydrogen) atoms. The van der Waals surface area contributed by atoms with Gasteiger partial charge < -0.3 is 9.64 Å². The highest BCUT2D eigenvalue weighted by molar-refractivity contribution is 7.92. The van der Waals surface area contributed by atoms with Crippen molar-refractivity contribution < 1.29 is 22.3 Å². The Morgan fingerprint density at radius 1 is 1.11 bits per heavy atom. The maximum atomic E-state index is 14.2. The molecule has 1 aromatic heterocycles. The minimum Gasteiger partial charge on any atom is -0.497 e. The highest BCUT2D eigenvalue weighted by Crippen LogP contribution is 2.32. The van der Waals surface area contributed by atoms with E-state index in [0.717, 1.165) is 17.7 Å². The molecule has 12 heteroatoms. The van der Waals surface area contributed by atoms with Gasteiger partial charge in [-0.2, -0.15) is 0 Å². The van der Waals surface area contributed by atoms with Crippen LogP contribution in [0.3, 0.4) is 0 Å². The number of hydrogen-bond donors (Lipinski definition) is 2. The maximum absolute atomic E-state index is 14.2. The number of aromatic nitrogens is 2. The van der Waals surface area contributed by atoms with Gasteiger partial charge in [-0.25, -0.2) is 17.6 Å². The first-order chi connectivity index (χ1) is 18.2. The Morgan fingerprint density at radius 2 is 1.89 bits per heavy atom. The van der Waals surface area contributed by atoms with E-state index in [1.807, 2.05) is 0 Å².